The summed E-state index contributed by atoms with van der Waals surface area (Å²) in [7, 11) is 0. The van der Waals surface area contributed by atoms with E-state index in [1.165, 1.54) is 21.8 Å². The number of halogens is 1. The number of benzene rings is 5. The molecule has 0 aliphatic carbocycles. The van der Waals surface area contributed by atoms with Gasteiger partial charge in [0.1, 0.15) is 11.2 Å². The molecule has 7 aromatic rings. The zero-order valence-corrected chi connectivity index (χ0v) is 18.4. The molecule has 0 radical (unpaired) electrons. The molecule has 0 aliphatic heterocycles. The molecule has 0 N–H and O–H groups in total. The molecule has 5 aromatic carbocycles. The molecule has 33 heavy (non-hydrogen) atoms. The fourth-order valence-electron chi connectivity index (χ4n) is 5.04. The summed E-state index contributed by atoms with van der Waals surface area (Å²) >= 11 is 6.77. The molecule has 0 spiro atoms. The van der Waals surface area contributed by atoms with Crippen LogP contribution in [0, 0.1) is 0 Å². The van der Waals surface area contributed by atoms with Crippen LogP contribution in [0.1, 0.15) is 0 Å². The highest BCUT2D eigenvalue weighted by Crippen LogP contribution is 2.41. The van der Waals surface area contributed by atoms with E-state index in [0.29, 0.717) is 5.02 Å². The number of fused-ring (bicyclic) bond motifs is 6. The van der Waals surface area contributed by atoms with Crippen LogP contribution < -0.4 is 0 Å². The van der Waals surface area contributed by atoms with Crippen LogP contribution in [0.3, 0.4) is 0 Å². The maximum atomic E-state index is 6.77. The highest BCUT2D eigenvalue weighted by atomic mass is 35.5. The van der Waals surface area contributed by atoms with Gasteiger partial charge in [0.2, 0.25) is 0 Å². The Morgan fingerprint density at radius 2 is 1.24 bits per heavy atom. The Balaban J connectivity index is 1.53. The fourth-order valence-corrected chi connectivity index (χ4v) is 5.29. The fraction of sp³-hybridized carbons (Fsp3) is 0. The van der Waals surface area contributed by atoms with Crippen molar-refractivity contribution in [3.8, 4) is 16.8 Å². The van der Waals surface area contributed by atoms with Crippen LogP contribution in [0.2, 0.25) is 5.02 Å². The maximum Gasteiger partial charge on any atom is 0.144 e. The number of hydrogen-bond acceptors (Lipinski definition) is 1. The Bertz CT molecular complexity index is 1790. The van der Waals surface area contributed by atoms with Gasteiger partial charge < -0.3 is 8.98 Å². The van der Waals surface area contributed by atoms with Crippen molar-refractivity contribution >= 4 is 55.3 Å². The standard InChI is InChI=1S/C30H18ClNO/c31-25-17-16-24-23-12-3-6-15-28(23)33-30(24)29(25)19-8-7-9-20(18-19)32-26-13-4-1-10-21(26)22-11-2-5-14-27(22)32/h1-18H. The van der Waals surface area contributed by atoms with E-state index in [9.17, 15) is 0 Å². The molecule has 2 nitrogen and oxygen atoms in total. The number of aromatic nitrogens is 1. The SMILES string of the molecule is Clc1ccc2c(oc3ccccc32)c1-c1cccc(-n2c3ccccc3c3ccccc32)c1. The lowest BCUT2D eigenvalue weighted by molar-refractivity contribution is 0.670. The molecule has 0 atom stereocenters. The average Bonchev–Trinajstić information content (AvgIpc) is 3.40. The van der Waals surface area contributed by atoms with Crippen molar-refractivity contribution in [2.45, 2.75) is 0 Å². The van der Waals surface area contributed by atoms with Gasteiger partial charge in [0.05, 0.1) is 16.1 Å². The minimum Gasteiger partial charge on any atom is -0.455 e. The third-order valence-electron chi connectivity index (χ3n) is 6.47. The van der Waals surface area contributed by atoms with E-state index >= 15 is 0 Å². The summed E-state index contributed by atoms with van der Waals surface area (Å²) in [6.07, 6.45) is 0. The van der Waals surface area contributed by atoms with Crippen LogP contribution >= 0.6 is 11.6 Å². The van der Waals surface area contributed by atoms with Crippen LogP contribution in [0.15, 0.2) is 114 Å². The Morgan fingerprint density at radius 1 is 0.576 bits per heavy atom. The lowest BCUT2D eigenvalue weighted by atomic mass is 10.0. The largest absolute Gasteiger partial charge is 0.455 e. The van der Waals surface area contributed by atoms with E-state index < -0.39 is 0 Å². The van der Waals surface area contributed by atoms with Gasteiger partial charge in [-0.15, -0.1) is 0 Å². The van der Waals surface area contributed by atoms with E-state index in [2.05, 4.69) is 83.4 Å². The van der Waals surface area contributed by atoms with E-state index in [1.54, 1.807) is 0 Å². The summed E-state index contributed by atoms with van der Waals surface area (Å²) in [6, 6.07) is 37.8. The molecule has 0 unspecified atom stereocenters. The van der Waals surface area contributed by atoms with Gasteiger partial charge in [-0.1, -0.05) is 78.3 Å². The predicted molar refractivity (Wildman–Crippen MR) is 139 cm³/mol. The smallest absolute Gasteiger partial charge is 0.144 e. The summed E-state index contributed by atoms with van der Waals surface area (Å²) < 4.78 is 8.62. The van der Waals surface area contributed by atoms with Crippen molar-refractivity contribution in [1.82, 2.24) is 4.57 Å². The second kappa shape index (κ2) is 6.99. The highest BCUT2D eigenvalue weighted by Gasteiger charge is 2.17. The number of para-hydroxylation sites is 3. The first-order chi connectivity index (χ1) is 16.3. The van der Waals surface area contributed by atoms with Crippen molar-refractivity contribution in [3.05, 3.63) is 114 Å². The maximum absolute atomic E-state index is 6.77. The second-order valence-corrected chi connectivity index (χ2v) is 8.72. The first kappa shape index (κ1) is 18.6. The van der Waals surface area contributed by atoms with Crippen LogP contribution in [-0.4, -0.2) is 4.57 Å². The second-order valence-electron chi connectivity index (χ2n) is 8.32. The number of furan rings is 1. The molecular formula is C30H18ClNO. The molecule has 7 rings (SSSR count). The Morgan fingerprint density at radius 3 is 2.00 bits per heavy atom. The lowest BCUT2D eigenvalue weighted by Crippen LogP contribution is -1.94. The van der Waals surface area contributed by atoms with E-state index in [-0.39, 0.29) is 0 Å². The molecule has 0 saturated carbocycles. The van der Waals surface area contributed by atoms with Crippen LogP contribution in [0.25, 0.3) is 60.6 Å². The summed E-state index contributed by atoms with van der Waals surface area (Å²) in [5.74, 6) is 0. The van der Waals surface area contributed by atoms with Crippen molar-refractivity contribution in [1.29, 1.82) is 0 Å². The van der Waals surface area contributed by atoms with Gasteiger partial charge in [-0.25, -0.2) is 0 Å². The Hall–Kier alpha value is -4.01. The number of nitrogens with zero attached hydrogens (tertiary/aromatic N) is 1. The third-order valence-corrected chi connectivity index (χ3v) is 6.78. The zero-order valence-electron chi connectivity index (χ0n) is 17.6. The van der Waals surface area contributed by atoms with Crippen molar-refractivity contribution in [2.24, 2.45) is 0 Å². The molecule has 0 aliphatic rings. The van der Waals surface area contributed by atoms with Gasteiger partial charge in [0.25, 0.3) is 0 Å². The van der Waals surface area contributed by atoms with Crippen molar-refractivity contribution in [2.75, 3.05) is 0 Å². The molecular weight excluding hydrogens is 426 g/mol. The quantitative estimate of drug-likeness (QED) is 0.260. The number of rotatable bonds is 2. The van der Waals surface area contributed by atoms with Gasteiger partial charge in [0, 0.05) is 32.8 Å². The van der Waals surface area contributed by atoms with E-state index in [1.807, 2.05) is 30.3 Å². The third kappa shape index (κ3) is 2.68. The van der Waals surface area contributed by atoms with Crippen LogP contribution in [-0.2, 0) is 0 Å². The minimum atomic E-state index is 0.681. The monoisotopic (exact) mass is 443 g/mol. The molecule has 0 bridgehead atoms. The molecule has 2 aromatic heterocycles. The zero-order chi connectivity index (χ0) is 21.9. The normalized spacial score (nSPS) is 11.8. The van der Waals surface area contributed by atoms with E-state index in [0.717, 1.165) is 38.8 Å². The van der Waals surface area contributed by atoms with Gasteiger partial charge in [-0.3, -0.25) is 0 Å². The molecule has 0 fully saturated rings. The summed E-state index contributed by atoms with van der Waals surface area (Å²) in [6.45, 7) is 0. The van der Waals surface area contributed by atoms with Crippen LogP contribution in [0.4, 0.5) is 0 Å². The van der Waals surface area contributed by atoms with Gasteiger partial charge >= 0.3 is 0 Å². The topological polar surface area (TPSA) is 18.1 Å². The predicted octanol–water partition coefficient (Wildman–Crippen LogP) is 9.00. The number of hydrogen-bond donors (Lipinski definition) is 0. The van der Waals surface area contributed by atoms with Crippen molar-refractivity contribution in [3.63, 3.8) is 0 Å². The van der Waals surface area contributed by atoms with Gasteiger partial charge in [-0.05, 0) is 48.0 Å². The van der Waals surface area contributed by atoms with Crippen molar-refractivity contribution < 1.29 is 4.42 Å². The average molecular weight is 444 g/mol. The first-order valence-electron chi connectivity index (χ1n) is 11.0. The molecule has 0 amide bonds. The molecule has 2 heterocycles. The van der Waals surface area contributed by atoms with E-state index in [4.69, 9.17) is 16.0 Å². The first-order valence-corrected chi connectivity index (χ1v) is 11.4. The minimum absolute atomic E-state index is 0.681. The lowest BCUT2D eigenvalue weighted by Gasteiger charge is -2.11. The van der Waals surface area contributed by atoms with Gasteiger partial charge in [-0.2, -0.15) is 0 Å². The molecule has 3 heteroatoms. The Labute approximate surface area is 195 Å². The summed E-state index contributed by atoms with van der Waals surface area (Å²) in [5.41, 5.74) is 7.11. The summed E-state index contributed by atoms with van der Waals surface area (Å²) in [5, 5.41) is 5.35. The summed E-state index contributed by atoms with van der Waals surface area (Å²) in [4.78, 5) is 0. The Kier molecular flexibility index (Phi) is 3.93. The highest BCUT2D eigenvalue weighted by molar-refractivity contribution is 6.35. The van der Waals surface area contributed by atoms with Gasteiger partial charge in [0.15, 0.2) is 0 Å². The molecule has 0 saturated heterocycles. The van der Waals surface area contributed by atoms with Crippen LogP contribution in [0.5, 0.6) is 0 Å². The molecule has 156 valence electrons.